The van der Waals surface area contributed by atoms with Crippen molar-refractivity contribution in [1.29, 1.82) is 0 Å². The van der Waals surface area contributed by atoms with Crippen molar-refractivity contribution in [1.82, 2.24) is 5.32 Å². The van der Waals surface area contributed by atoms with Gasteiger partial charge < -0.3 is 5.32 Å². The first-order valence-electron chi connectivity index (χ1n) is 5.43. The minimum absolute atomic E-state index is 0.0585. The summed E-state index contributed by atoms with van der Waals surface area (Å²) in [5, 5.41) is 2.69. The molecule has 88 valence electrons. The van der Waals surface area contributed by atoms with Gasteiger partial charge in [-0.2, -0.15) is 0 Å². The first-order chi connectivity index (χ1) is 6.63. The van der Waals surface area contributed by atoms with E-state index in [0.29, 0.717) is 6.42 Å². The van der Waals surface area contributed by atoms with Crippen molar-refractivity contribution in [2.75, 3.05) is 6.54 Å². The topological polar surface area (TPSA) is 46.2 Å². The number of amides is 1. The van der Waals surface area contributed by atoms with Crippen LogP contribution in [0.1, 0.15) is 48.0 Å². The Labute approximate surface area is 92.6 Å². The second kappa shape index (κ2) is 4.77. The van der Waals surface area contributed by atoms with Crippen LogP contribution in [-0.4, -0.2) is 18.2 Å². The Morgan fingerprint density at radius 2 is 1.53 bits per heavy atom. The van der Waals surface area contributed by atoms with Gasteiger partial charge in [0, 0.05) is 11.8 Å². The fourth-order valence-corrected chi connectivity index (χ4v) is 0.865. The summed E-state index contributed by atoms with van der Waals surface area (Å²) in [6.45, 7) is 11.8. The minimum atomic E-state index is -0.471. The maximum Gasteiger partial charge on any atom is 0.226 e. The van der Waals surface area contributed by atoms with Crippen LogP contribution in [-0.2, 0) is 9.59 Å². The molecule has 3 heteroatoms. The third-order valence-corrected chi connectivity index (χ3v) is 3.28. The van der Waals surface area contributed by atoms with Crippen molar-refractivity contribution in [3.8, 4) is 0 Å². The van der Waals surface area contributed by atoms with Gasteiger partial charge in [0.05, 0.1) is 6.54 Å². The lowest BCUT2D eigenvalue weighted by Crippen LogP contribution is -2.46. The molecule has 0 aliphatic carbocycles. The van der Waals surface area contributed by atoms with Crippen molar-refractivity contribution in [2.24, 2.45) is 10.8 Å². The van der Waals surface area contributed by atoms with E-state index in [1.807, 2.05) is 34.6 Å². The number of Topliss-reactive ketones (excluding diaryl/α,β-unsaturated/α-hetero) is 1. The zero-order valence-electron chi connectivity index (χ0n) is 10.7. The van der Waals surface area contributed by atoms with Crippen LogP contribution in [0.4, 0.5) is 0 Å². The summed E-state index contributed by atoms with van der Waals surface area (Å²) in [6, 6.07) is 0. The number of rotatable bonds is 4. The third-order valence-electron chi connectivity index (χ3n) is 3.28. The monoisotopic (exact) mass is 213 g/mol. The summed E-state index contributed by atoms with van der Waals surface area (Å²) in [5.74, 6) is 0.00450. The Kier molecular flexibility index (Phi) is 4.50. The van der Waals surface area contributed by atoms with Gasteiger partial charge in [0.15, 0.2) is 5.78 Å². The van der Waals surface area contributed by atoms with E-state index in [9.17, 15) is 9.59 Å². The molecule has 1 amide bonds. The van der Waals surface area contributed by atoms with Crippen LogP contribution in [0.2, 0.25) is 0 Å². The Morgan fingerprint density at radius 1 is 1.07 bits per heavy atom. The van der Waals surface area contributed by atoms with Crippen LogP contribution >= 0.6 is 0 Å². The molecule has 0 atom stereocenters. The molecule has 3 nitrogen and oxygen atoms in total. The van der Waals surface area contributed by atoms with Gasteiger partial charge in [0.1, 0.15) is 0 Å². The Bertz CT molecular complexity index is 249. The molecule has 0 unspecified atom stereocenters. The van der Waals surface area contributed by atoms with Crippen LogP contribution in [0.25, 0.3) is 0 Å². The average molecular weight is 213 g/mol. The lowest BCUT2D eigenvalue weighted by Gasteiger charge is -2.37. The molecule has 15 heavy (non-hydrogen) atoms. The highest BCUT2D eigenvalue weighted by atomic mass is 16.2. The Hall–Kier alpha value is -0.860. The minimum Gasteiger partial charge on any atom is -0.349 e. The van der Waals surface area contributed by atoms with E-state index >= 15 is 0 Å². The van der Waals surface area contributed by atoms with Gasteiger partial charge in [0.2, 0.25) is 5.91 Å². The molecule has 0 spiro atoms. The number of carbonyl (C=O) groups is 2. The quantitative estimate of drug-likeness (QED) is 0.777. The highest BCUT2D eigenvalue weighted by Gasteiger charge is 2.39. The summed E-state index contributed by atoms with van der Waals surface area (Å²) >= 11 is 0. The first-order valence-corrected chi connectivity index (χ1v) is 5.43. The van der Waals surface area contributed by atoms with E-state index in [1.54, 1.807) is 6.92 Å². The second-order valence-corrected chi connectivity index (χ2v) is 5.45. The van der Waals surface area contributed by atoms with Crippen molar-refractivity contribution in [3.05, 3.63) is 0 Å². The zero-order valence-corrected chi connectivity index (χ0v) is 10.7. The van der Waals surface area contributed by atoms with Crippen LogP contribution < -0.4 is 5.32 Å². The molecule has 0 aromatic carbocycles. The third kappa shape index (κ3) is 3.65. The highest BCUT2D eigenvalue weighted by Crippen LogP contribution is 2.37. The normalized spacial score (nSPS) is 12.4. The molecule has 0 saturated heterocycles. The maximum absolute atomic E-state index is 11.9. The predicted molar refractivity (Wildman–Crippen MR) is 61.5 cm³/mol. The van der Waals surface area contributed by atoms with Gasteiger partial charge in [-0.05, 0) is 5.41 Å². The highest BCUT2D eigenvalue weighted by molar-refractivity contribution is 5.88. The molecule has 0 aromatic heterocycles. The molecular formula is C12H23NO2. The molecule has 0 aliphatic heterocycles. The molecule has 0 fully saturated rings. The van der Waals surface area contributed by atoms with Crippen LogP contribution in [0.15, 0.2) is 0 Å². The summed E-state index contributed by atoms with van der Waals surface area (Å²) in [4.78, 5) is 22.9. The second-order valence-electron chi connectivity index (χ2n) is 5.45. The zero-order chi connectivity index (χ0) is 12.3. The van der Waals surface area contributed by atoms with Gasteiger partial charge in [0.25, 0.3) is 0 Å². The van der Waals surface area contributed by atoms with E-state index in [-0.39, 0.29) is 23.7 Å². The first kappa shape index (κ1) is 14.1. The van der Waals surface area contributed by atoms with Crippen LogP contribution in [0, 0.1) is 10.8 Å². The van der Waals surface area contributed by atoms with E-state index in [4.69, 9.17) is 0 Å². The van der Waals surface area contributed by atoms with Gasteiger partial charge >= 0.3 is 0 Å². The van der Waals surface area contributed by atoms with Gasteiger partial charge in [-0.3, -0.25) is 9.59 Å². The maximum atomic E-state index is 11.9. The SMILES string of the molecule is CCC(=O)CNC(=O)C(C)(C)C(C)(C)C. The summed E-state index contributed by atoms with van der Waals surface area (Å²) in [6.07, 6.45) is 0.468. The summed E-state index contributed by atoms with van der Waals surface area (Å²) in [7, 11) is 0. The Balaban J connectivity index is 4.40. The Morgan fingerprint density at radius 3 is 1.87 bits per heavy atom. The summed E-state index contributed by atoms with van der Waals surface area (Å²) < 4.78 is 0. The van der Waals surface area contributed by atoms with E-state index < -0.39 is 5.41 Å². The number of hydrogen-bond acceptors (Lipinski definition) is 2. The van der Waals surface area contributed by atoms with Crippen molar-refractivity contribution in [2.45, 2.75) is 48.0 Å². The summed E-state index contributed by atoms with van der Waals surface area (Å²) in [5.41, 5.74) is -0.590. The molecular weight excluding hydrogens is 190 g/mol. The molecule has 0 heterocycles. The smallest absolute Gasteiger partial charge is 0.226 e. The van der Waals surface area contributed by atoms with Gasteiger partial charge in [-0.1, -0.05) is 41.5 Å². The van der Waals surface area contributed by atoms with Crippen LogP contribution in [0.3, 0.4) is 0 Å². The lowest BCUT2D eigenvalue weighted by atomic mass is 9.69. The molecule has 0 aliphatic rings. The van der Waals surface area contributed by atoms with Gasteiger partial charge in [-0.25, -0.2) is 0 Å². The van der Waals surface area contributed by atoms with Gasteiger partial charge in [-0.15, -0.1) is 0 Å². The standard InChI is InChI=1S/C12H23NO2/c1-7-9(14)8-13-10(15)12(5,6)11(2,3)4/h7-8H2,1-6H3,(H,13,15). The molecule has 0 radical (unpaired) electrons. The number of nitrogens with one attached hydrogen (secondary N) is 1. The average Bonchev–Trinajstić information content (AvgIpc) is 2.11. The molecule has 0 bridgehead atoms. The molecule has 1 N–H and O–H groups in total. The van der Waals surface area contributed by atoms with E-state index in [2.05, 4.69) is 5.32 Å². The number of hydrogen-bond donors (Lipinski definition) is 1. The van der Waals surface area contributed by atoms with Crippen LogP contribution in [0.5, 0.6) is 0 Å². The fraction of sp³-hybridized carbons (Fsp3) is 0.833. The van der Waals surface area contributed by atoms with E-state index in [1.165, 1.54) is 0 Å². The van der Waals surface area contributed by atoms with E-state index in [0.717, 1.165) is 0 Å². The molecule has 0 saturated carbocycles. The lowest BCUT2D eigenvalue weighted by molar-refractivity contribution is -0.136. The fourth-order valence-electron chi connectivity index (χ4n) is 0.865. The van der Waals surface area contributed by atoms with Crippen molar-refractivity contribution < 1.29 is 9.59 Å². The number of carbonyl (C=O) groups excluding carboxylic acids is 2. The number of ketones is 1. The molecule has 0 aromatic rings. The largest absolute Gasteiger partial charge is 0.349 e. The van der Waals surface area contributed by atoms with Crippen molar-refractivity contribution in [3.63, 3.8) is 0 Å². The molecule has 0 rings (SSSR count). The predicted octanol–water partition coefficient (Wildman–Crippen LogP) is 2.15. The van der Waals surface area contributed by atoms with Crippen molar-refractivity contribution >= 4 is 11.7 Å².